The minimum Gasteiger partial charge on any atom is -0.391 e. The molecule has 0 spiro atoms. The second-order valence-electron chi connectivity index (χ2n) is 5.40. The Labute approximate surface area is 124 Å². The Morgan fingerprint density at radius 2 is 1.86 bits per heavy atom. The predicted molar refractivity (Wildman–Crippen MR) is 79.8 cm³/mol. The fourth-order valence-corrected chi connectivity index (χ4v) is 2.54. The average Bonchev–Trinajstić information content (AvgIpc) is 2.50. The maximum atomic E-state index is 11.8. The number of carbonyl (C=O) groups is 2. The lowest BCUT2D eigenvalue weighted by atomic mass is 9.92. The minimum atomic E-state index is -0.443. The van der Waals surface area contributed by atoms with Crippen LogP contribution >= 0.6 is 0 Å². The zero-order valence-electron chi connectivity index (χ0n) is 12.0. The molecule has 5 heteroatoms. The molecule has 1 aromatic rings. The largest absolute Gasteiger partial charge is 0.391 e. The van der Waals surface area contributed by atoms with Crippen molar-refractivity contribution >= 4 is 11.8 Å². The maximum absolute atomic E-state index is 11.8. The normalized spacial score (nSPS) is 21.6. The summed E-state index contributed by atoms with van der Waals surface area (Å²) in [6.07, 6.45) is 3.40. The molecule has 0 aromatic heterocycles. The van der Waals surface area contributed by atoms with Gasteiger partial charge in [-0.1, -0.05) is 31.0 Å². The zero-order chi connectivity index (χ0) is 15.1. The van der Waals surface area contributed by atoms with Crippen LogP contribution < -0.4 is 10.6 Å². The highest BCUT2D eigenvalue weighted by molar-refractivity contribution is 5.94. The summed E-state index contributed by atoms with van der Waals surface area (Å²) in [5.41, 5.74) is 0.584. The van der Waals surface area contributed by atoms with Crippen LogP contribution in [0.1, 0.15) is 42.5 Å². The number of benzene rings is 1. The van der Waals surface area contributed by atoms with Gasteiger partial charge in [-0.25, -0.2) is 0 Å². The fraction of sp³-hybridized carbons (Fsp3) is 0.500. The van der Waals surface area contributed by atoms with Gasteiger partial charge in [-0.05, 0) is 25.0 Å². The highest BCUT2D eigenvalue weighted by Crippen LogP contribution is 2.18. The first-order chi connectivity index (χ1) is 10.2. The van der Waals surface area contributed by atoms with Crippen molar-refractivity contribution in [3.8, 4) is 0 Å². The molecule has 0 aliphatic heterocycles. The lowest BCUT2D eigenvalue weighted by Gasteiger charge is -2.28. The van der Waals surface area contributed by atoms with Crippen LogP contribution in [-0.2, 0) is 4.79 Å². The number of carbonyl (C=O) groups excluding carboxylic acids is 2. The van der Waals surface area contributed by atoms with Crippen LogP contribution in [-0.4, -0.2) is 35.6 Å². The first-order valence-corrected chi connectivity index (χ1v) is 7.47. The average molecular weight is 290 g/mol. The molecule has 2 rings (SSSR count). The fourth-order valence-electron chi connectivity index (χ4n) is 2.54. The molecule has 2 atom stereocenters. The van der Waals surface area contributed by atoms with Gasteiger partial charge in [-0.15, -0.1) is 0 Å². The Kier molecular flexibility index (Phi) is 5.75. The van der Waals surface area contributed by atoms with E-state index in [1.165, 1.54) is 0 Å². The summed E-state index contributed by atoms with van der Waals surface area (Å²) < 4.78 is 0. The topological polar surface area (TPSA) is 78.4 Å². The second-order valence-corrected chi connectivity index (χ2v) is 5.40. The van der Waals surface area contributed by atoms with E-state index in [-0.39, 0.29) is 24.3 Å². The third kappa shape index (κ3) is 4.86. The Bertz CT molecular complexity index is 476. The van der Waals surface area contributed by atoms with Crippen molar-refractivity contribution < 1.29 is 14.7 Å². The first kappa shape index (κ1) is 15.5. The maximum Gasteiger partial charge on any atom is 0.251 e. The summed E-state index contributed by atoms with van der Waals surface area (Å²) in [7, 11) is 0. The lowest BCUT2D eigenvalue weighted by molar-refractivity contribution is -0.122. The highest BCUT2D eigenvalue weighted by atomic mass is 16.3. The van der Waals surface area contributed by atoms with Crippen LogP contribution in [0.2, 0.25) is 0 Å². The third-order valence-electron chi connectivity index (χ3n) is 3.75. The molecule has 0 heterocycles. The van der Waals surface area contributed by atoms with E-state index in [0.717, 1.165) is 25.7 Å². The monoisotopic (exact) mass is 290 g/mol. The van der Waals surface area contributed by atoms with Crippen LogP contribution in [0.25, 0.3) is 0 Å². The van der Waals surface area contributed by atoms with Crippen LogP contribution in [0, 0.1) is 0 Å². The van der Waals surface area contributed by atoms with E-state index in [1.807, 2.05) is 6.07 Å². The summed E-state index contributed by atoms with van der Waals surface area (Å²) >= 11 is 0. The molecule has 1 aliphatic carbocycles. The van der Waals surface area contributed by atoms with E-state index in [2.05, 4.69) is 10.6 Å². The number of amides is 2. The molecule has 5 nitrogen and oxygen atoms in total. The van der Waals surface area contributed by atoms with Gasteiger partial charge in [0, 0.05) is 18.5 Å². The summed E-state index contributed by atoms with van der Waals surface area (Å²) in [4.78, 5) is 23.6. The predicted octanol–water partition coefficient (Wildman–Crippen LogP) is 1.23. The molecule has 1 fully saturated rings. The molecule has 0 unspecified atom stereocenters. The van der Waals surface area contributed by atoms with Gasteiger partial charge in [0.05, 0.1) is 12.1 Å². The van der Waals surface area contributed by atoms with Crippen molar-refractivity contribution in [1.82, 2.24) is 10.6 Å². The number of hydrogen-bond acceptors (Lipinski definition) is 3. The molecule has 1 saturated carbocycles. The summed E-state index contributed by atoms with van der Waals surface area (Å²) in [6.45, 7) is 0.294. The molecular weight excluding hydrogens is 268 g/mol. The Balaban J connectivity index is 1.68. The SMILES string of the molecule is O=C(CCNC(=O)c1ccccc1)N[C@H]1CCCC[C@@H]1O. The van der Waals surface area contributed by atoms with Gasteiger partial charge in [0.15, 0.2) is 0 Å². The van der Waals surface area contributed by atoms with E-state index < -0.39 is 6.10 Å². The molecule has 2 amide bonds. The molecule has 0 bridgehead atoms. The third-order valence-corrected chi connectivity index (χ3v) is 3.75. The Morgan fingerprint density at radius 1 is 1.14 bits per heavy atom. The molecule has 0 saturated heterocycles. The van der Waals surface area contributed by atoms with E-state index >= 15 is 0 Å². The van der Waals surface area contributed by atoms with Gasteiger partial charge in [-0.2, -0.15) is 0 Å². The molecule has 1 aromatic carbocycles. The van der Waals surface area contributed by atoms with E-state index in [4.69, 9.17) is 0 Å². The highest BCUT2D eigenvalue weighted by Gasteiger charge is 2.24. The number of aliphatic hydroxyl groups is 1. The molecule has 114 valence electrons. The Morgan fingerprint density at radius 3 is 2.57 bits per heavy atom. The van der Waals surface area contributed by atoms with E-state index in [1.54, 1.807) is 24.3 Å². The van der Waals surface area contributed by atoms with Gasteiger partial charge in [0.1, 0.15) is 0 Å². The second kappa shape index (κ2) is 7.78. The molecule has 21 heavy (non-hydrogen) atoms. The Hall–Kier alpha value is -1.88. The zero-order valence-corrected chi connectivity index (χ0v) is 12.0. The van der Waals surface area contributed by atoms with E-state index in [9.17, 15) is 14.7 Å². The van der Waals surface area contributed by atoms with Crippen molar-refractivity contribution in [2.45, 2.75) is 44.2 Å². The smallest absolute Gasteiger partial charge is 0.251 e. The van der Waals surface area contributed by atoms with Gasteiger partial charge in [0.2, 0.25) is 5.91 Å². The number of hydrogen-bond donors (Lipinski definition) is 3. The van der Waals surface area contributed by atoms with Crippen molar-refractivity contribution in [1.29, 1.82) is 0 Å². The van der Waals surface area contributed by atoms with Crippen LogP contribution in [0.15, 0.2) is 30.3 Å². The van der Waals surface area contributed by atoms with Gasteiger partial charge >= 0.3 is 0 Å². The van der Waals surface area contributed by atoms with Crippen molar-refractivity contribution in [2.24, 2.45) is 0 Å². The van der Waals surface area contributed by atoms with Crippen LogP contribution in [0.5, 0.6) is 0 Å². The molecule has 1 aliphatic rings. The van der Waals surface area contributed by atoms with Crippen molar-refractivity contribution in [3.63, 3.8) is 0 Å². The minimum absolute atomic E-state index is 0.130. The number of nitrogens with one attached hydrogen (secondary N) is 2. The number of rotatable bonds is 5. The standard InChI is InChI=1S/C16H22N2O3/c19-14-9-5-4-8-13(14)18-15(20)10-11-17-16(21)12-6-2-1-3-7-12/h1-3,6-7,13-14,19H,4-5,8-11H2,(H,17,21)(H,18,20)/t13-,14-/m0/s1. The molecular formula is C16H22N2O3. The van der Waals surface area contributed by atoms with Crippen molar-refractivity contribution in [3.05, 3.63) is 35.9 Å². The van der Waals surface area contributed by atoms with Crippen LogP contribution in [0.3, 0.4) is 0 Å². The van der Waals surface area contributed by atoms with Gasteiger partial charge in [0.25, 0.3) is 5.91 Å². The quantitative estimate of drug-likeness (QED) is 0.763. The molecule has 3 N–H and O–H groups in total. The lowest BCUT2D eigenvalue weighted by Crippen LogP contribution is -2.45. The number of aliphatic hydroxyl groups excluding tert-OH is 1. The van der Waals surface area contributed by atoms with Gasteiger partial charge < -0.3 is 15.7 Å². The first-order valence-electron chi connectivity index (χ1n) is 7.47. The summed E-state index contributed by atoms with van der Waals surface area (Å²) in [6, 6.07) is 8.76. The van der Waals surface area contributed by atoms with Gasteiger partial charge in [-0.3, -0.25) is 9.59 Å². The van der Waals surface area contributed by atoms with Crippen molar-refractivity contribution in [2.75, 3.05) is 6.54 Å². The molecule has 0 radical (unpaired) electrons. The van der Waals surface area contributed by atoms with Crippen LogP contribution in [0.4, 0.5) is 0 Å². The summed E-state index contributed by atoms with van der Waals surface area (Å²) in [5.74, 6) is -0.310. The van der Waals surface area contributed by atoms with E-state index in [0.29, 0.717) is 12.1 Å². The summed E-state index contributed by atoms with van der Waals surface area (Å²) in [5, 5.41) is 15.4.